The van der Waals surface area contributed by atoms with E-state index in [9.17, 15) is 0 Å². The Balaban J connectivity index is 1.64. The second kappa shape index (κ2) is 13.3. The Morgan fingerprint density at radius 3 is 0.972 bits per heavy atom. The first kappa shape index (κ1) is 26.0. The third kappa shape index (κ3) is 6.38. The molecule has 3 heterocycles. The summed E-state index contributed by atoms with van der Waals surface area (Å²) in [4.78, 5) is 9.95. The quantitative estimate of drug-likeness (QED) is 0.139. The summed E-state index contributed by atoms with van der Waals surface area (Å²) in [5.41, 5.74) is 12.6. The molecule has 4 aromatic rings. The molecule has 36 heavy (non-hydrogen) atoms. The van der Waals surface area contributed by atoms with Crippen LogP contribution in [0.25, 0.3) is 0 Å². The van der Waals surface area contributed by atoms with Gasteiger partial charge >= 0.3 is 0 Å². The Bertz CT molecular complexity index is 988. The number of H-pyrrole nitrogens is 3. The summed E-state index contributed by atoms with van der Waals surface area (Å²) in [7, 11) is 0. The average Bonchev–Trinajstić information content (AvgIpc) is 3.68. The molecule has 0 unspecified atom stereocenters. The highest BCUT2D eigenvalue weighted by Gasteiger charge is 2.21. The molecule has 0 aliphatic rings. The van der Waals surface area contributed by atoms with Gasteiger partial charge in [-0.2, -0.15) is 0 Å². The largest absolute Gasteiger partial charge is 0.364 e. The van der Waals surface area contributed by atoms with Crippen LogP contribution in [0.2, 0.25) is 0 Å². The fourth-order valence-corrected chi connectivity index (χ4v) is 5.41. The van der Waals surface area contributed by atoms with Crippen LogP contribution in [0, 0.1) is 0 Å². The summed E-state index contributed by atoms with van der Waals surface area (Å²) < 4.78 is 0. The van der Waals surface area contributed by atoms with Crippen LogP contribution >= 0.6 is 0 Å². The molecular weight excluding hydrogens is 444 g/mol. The molecule has 1 aromatic carbocycles. The molecule has 0 amide bonds. The summed E-state index contributed by atoms with van der Waals surface area (Å²) in [5.74, 6) is 0. The summed E-state index contributed by atoms with van der Waals surface area (Å²) in [5, 5.41) is 11.2. The van der Waals surface area contributed by atoms with Crippen LogP contribution in [0.4, 0.5) is 0 Å². The van der Waals surface area contributed by atoms with Gasteiger partial charge < -0.3 is 30.9 Å². The molecular formula is C30H42N6. The van der Waals surface area contributed by atoms with E-state index in [1.165, 1.54) is 50.5 Å². The summed E-state index contributed by atoms with van der Waals surface area (Å²) >= 11 is 0. The van der Waals surface area contributed by atoms with Gasteiger partial charge in [0.05, 0.1) is 0 Å². The monoisotopic (exact) mass is 486 g/mol. The zero-order valence-electron chi connectivity index (χ0n) is 22.1. The molecule has 6 N–H and O–H groups in total. The average molecular weight is 487 g/mol. The fraction of sp³-hybridized carbons (Fsp3) is 0.400. The molecule has 0 aliphatic carbocycles. The van der Waals surface area contributed by atoms with Crippen LogP contribution in [0.5, 0.6) is 0 Å². The van der Waals surface area contributed by atoms with Crippen LogP contribution in [0.3, 0.4) is 0 Å². The number of rotatable bonds is 15. The second-order valence-electron chi connectivity index (χ2n) is 9.33. The van der Waals surface area contributed by atoms with Crippen LogP contribution in [0.15, 0.2) is 55.0 Å². The highest BCUT2D eigenvalue weighted by molar-refractivity contribution is 5.52. The Hall–Kier alpha value is -3.06. The van der Waals surface area contributed by atoms with Crippen molar-refractivity contribution in [3.05, 3.63) is 105 Å². The maximum Gasteiger partial charge on any atom is 0.0360 e. The molecule has 6 heteroatoms. The Labute approximate surface area is 215 Å². The van der Waals surface area contributed by atoms with E-state index in [4.69, 9.17) is 0 Å². The lowest BCUT2D eigenvalue weighted by Crippen LogP contribution is -2.24. The summed E-state index contributed by atoms with van der Waals surface area (Å²) in [6, 6.07) is 12.6. The maximum atomic E-state index is 3.72. The fourth-order valence-electron chi connectivity index (χ4n) is 5.41. The van der Waals surface area contributed by atoms with Gasteiger partial charge in [-0.05, 0) is 89.0 Å². The molecule has 0 fully saturated rings. The third-order valence-corrected chi connectivity index (χ3v) is 7.09. The second-order valence-corrected chi connectivity index (χ2v) is 9.33. The highest BCUT2D eigenvalue weighted by atomic mass is 14.9. The first-order chi connectivity index (χ1) is 17.7. The van der Waals surface area contributed by atoms with Crippen molar-refractivity contribution >= 4 is 0 Å². The van der Waals surface area contributed by atoms with Crippen molar-refractivity contribution in [1.29, 1.82) is 0 Å². The van der Waals surface area contributed by atoms with Crippen molar-refractivity contribution in [3.8, 4) is 0 Å². The molecule has 4 rings (SSSR count). The topological polar surface area (TPSA) is 83.5 Å². The zero-order valence-corrected chi connectivity index (χ0v) is 22.1. The number of benzene rings is 1. The van der Waals surface area contributed by atoms with Gasteiger partial charge in [0.2, 0.25) is 0 Å². The summed E-state index contributed by atoms with van der Waals surface area (Å²) in [6.07, 6.45) is 9.08. The lowest BCUT2D eigenvalue weighted by Gasteiger charge is -2.27. The van der Waals surface area contributed by atoms with Crippen molar-refractivity contribution in [2.24, 2.45) is 0 Å². The van der Waals surface area contributed by atoms with Gasteiger partial charge in [0.15, 0.2) is 0 Å². The van der Waals surface area contributed by atoms with Gasteiger partial charge in [-0.3, -0.25) is 0 Å². The lowest BCUT2D eigenvalue weighted by molar-refractivity contribution is 0.637. The number of hydrogen-bond acceptors (Lipinski definition) is 3. The molecule has 192 valence electrons. The van der Waals surface area contributed by atoms with Crippen molar-refractivity contribution in [1.82, 2.24) is 30.9 Å². The van der Waals surface area contributed by atoms with E-state index in [0.29, 0.717) is 0 Å². The van der Waals surface area contributed by atoms with Gasteiger partial charge in [0, 0.05) is 74.9 Å². The molecule has 6 nitrogen and oxygen atoms in total. The molecule has 0 bridgehead atoms. The molecule has 0 saturated heterocycles. The van der Waals surface area contributed by atoms with Gasteiger partial charge in [-0.1, -0.05) is 20.8 Å². The van der Waals surface area contributed by atoms with Crippen LogP contribution in [-0.4, -0.2) is 15.0 Å². The minimum Gasteiger partial charge on any atom is -0.364 e. The number of nitrogens with one attached hydrogen (secondary N) is 6. The van der Waals surface area contributed by atoms with E-state index < -0.39 is 0 Å². The molecule has 0 aliphatic heterocycles. The predicted molar refractivity (Wildman–Crippen MR) is 149 cm³/mol. The molecule has 0 atom stereocenters. The molecule has 0 radical (unpaired) electrons. The van der Waals surface area contributed by atoms with Crippen molar-refractivity contribution in [3.63, 3.8) is 0 Å². The van der Waals surface area contributed by atoms with Crippen LogP contribution in [0.1, 0.15) is 71.2 Å². The number of aromatic amines is 3. The highest BCUT2D eigenvalue weighted by Crippen LogP contribution is 2.31. The van der Waals surface area contributed by atoms with E-state index in [2.05, 4.69) is 88.1 Å². The van der Waals surface area contributed by atoms with Crippen LogP contribution in [-0.2, 0) is 58.5 Å². The minimum absolute atomic E-state index is 0.843. The predicted octanol–water partition coefficient (Wildman–Crippen LogP) is 5.23. The van der Waals surface area contributed by atoms with E-state index in [0.717, 1.165) is 58.5 Å². The van der Waals surface area contributed by atoms with Gasteiger partial charge in [-0.25, -0.2) is 0 Å². The van der Waals surface area contributed by atoms with Gasteiger partial charge in [-0.15, -0.1) is 0 Å². The molecule has 0 saturated carbocycles. The Kier molecular flexibility index (Phi) is 9.61. The van der Waals surface area contributed by atoms with Crippen LogP contribution < -0.4 is 16.0 Å². The SMILES string of the molecule is CCc1c(CNCc2ccc[nH]2)c(CC)c(CNCc2ccc[nH]2)c(CC)c1CNCc1ccc[nH]1. The number of hydrogen-bond donors (Lipinski definition) is 6. The Morgan fingerprint density at radius 1 is 0.444 bits per heavy atom. The zero-order chi connectivity index (χ0) is 25.2. The normalized spacial score (nSPS) is 11.4. The molecule has 3 aromatic heterocycles. The van der Waals surface area contributed by atoms with E-state index in [1.54, 1.807) is 0 Å². The standard InChI is InChI=1S/C30H42N6/c1-4-25-28(19-31-16-22-10-7-13-34-22)26(5-2)30(21-33-18-24-12-9-15-36-24)27(6-3)29(25)20-32-17-23-11-8-14-35-23/h7-15,31-36H,4-6,16-21H2,1-3H3. The number of aromatic nitrogens is 3. The lowest BCUT2D eigenvalue weighted by atomic mass is 9.83. The first-order valence-electron chi connectivity index (χ1n) is 13.4. The minimum atomic E-state index is 0.843. The molecule has 0 spiro atoms. The Morgan fingerprint density at radius 2 is 0.750 bits per heavy atom. The first-order valence-corrected chi connectivity index (χ1v) is 13.4. The van der Waals surface area contributed by atoms with E-state index in [-0.39, 0.29) is 0 Å². The summed E-state index contributed by atoms with van der Waals surface area (Å²) in [6.45, 7) is 12.1. The van der Waals surface area contributed by atoms with Gasteiger partial charge in [0.1, 0.15) is 0 Å². The van der Waals surface area contributed by atoms with Crippen molar-refractivity contribution in [2.45, 2.75) is 79.3 Å². The smallest absolute Gasteiger partial charge is 0.0360 e. The van der Waals surface area contributed by atoms with E-state index >= 15 is 0 Å². The van der Waals surface area contributed by atoms with Gasteiger partial charge in [0.25, 0.3) is 0 Å². The van der Waals surface area contributed by atoms with E-state index in [1.807, 2.05) is 18.6 Å². The van der Waals surface area contributed by atoms with Crippen molar-refractivity contribution < 1.29 is 0 Å². The maximum absolute atomic E-state index is 3.72. The van der Waals surface area contributed by atoms with Crippen molar-refractivity contribution in [2.75, 3.05) is 0 Å². The third-order valence-electron chi connectivity index (χ3n) is 7.09.